The van der Waals surface area contributed by atoms with Gasteiger partial charge in [0.05, 0.1) is 29.8 Å². The molecule has 3 rings (SSSR count). The smallest absolute Gasteiger partial charge is 0.310 e. The van der Waals surface area contributed by atoms with Gasteiger partial charge in [-0.1, -0.05) is 25.5 Å². The fraction of sp³-hybridized carbons (Fsp3) is 0.720. The van der Waals surface area contributed by atoms with Crippen LogP contribution < -0.4 is 0 Å². The van der Waals surface area contributed by atoms with Crippen molar-refractivity contribution in [3.05, 3.63) is 25.3 Å². The second-order valence-electron chi connectivity index (χ2n) is 9.33. The molecule has 7 nitrogen and oxygen atoms in total. The summed E-state index contributed by atoms with van der Waals surface area (Å²) in [5, 5.41) is 9.69. The Balaban J connectivity index is 1.91. The van der Waals surface area contributed by atoms with E-state index in [0.29, 0.717) is 26.0 Å². The van der Waals surface area contributed by atoms with E-state index < -0.39 is 22.6 Å². The zero-order chi connectivity index (χ0) is 24.2. The summed E-state index contributed by atoms with van der Waals surface area (Å²) < 4.78 is 4.90. The number of rotatable bonds is 13. The molecule has 1 spiro atoms. The van der Waals surface area contributed by atoms with Crippen LogP contribution in [0.25, 0.3) is 0 Å². The highest BCUT2D eigenvalue weighted by atomic mass is 32.2. The number of fused-ring (bicyclic) bond motifs is 1. The average Bonchev–Trinajstić information content (AvgIpc) is 3.43. The summed E-state index contributed by atoms with van der Waals surface area (Å²) in [4.78, 5) is 44.0. The summed E-state index contributed by atoms with van der Waals surface area (Å²) in [6.45, 7) is 12.2. The van der Waals surface area contributed by atoms with Gasteiger partial charge in [0.25, 0.3) is 0 Å². The van der Waals surface area contributed by atoms with E-state index in [9.17, 15) is 19.5 Å². The van der Waals surface area contributed by atoms with Crippen LogP contribution >= 0.6 is 11.8 Å². The predicted octanol–water partition coefficient (Wildman–Crippen LogP) is 2.78. The Kier molecular flexibility index (Phi) is 8.67. The SMILES string of the molecule is C=CCCCOC(=O)[C@@H]1[C@@H]2CCC3(S2)C(C(=O)N(CC=C)C(C)CCC)N(CCO)C(=O)[C@H]13. The molecular formula is C25H38N2O5S. The number of thioether (sulfide) groups is 1. The molecular weight excluding hydrogens is 440 g/mol. The largest absolute Gasteiger partial charge is 0.465 e. The van der Waals surface area contributed by atoms with Crippen molar-refractivity contribution in [2.75, 3.05) is 26.3 Å². The van der Waals surface area contributed by atoms with Gasteiger partial charge >= 0.3 is 5.97 Å². The van der Waals surface area contributed by atoms with E-state index in [-0.39, 0.29) is 42.2 Å². The molecule has 0 aliphatic carbocycles. The van der Waals surface area contributed by atoms with Gasteiger partial charge < -0.3 is 19.6 Å². The van der Waals surface area contributed by atoms with Crippen LogP contribution in [-0.2, 0) is 19.1 Å². The molecule has 3 aliphatic rings. The van der Waals surface area contributed by atoms with Crippen molar-refractivity contribution in [2.24, 2.45) is 11.8 Å². The number of carbonyl (C=O) groups is 3. The van der Waals surface area contributed by atoms with Crippen LogP contribution in [0.1, 0.15) is 52.4 Å². The maximum absolute atomic E-state index is 14.0. The minimum atomic E-state index is -0.685. The summed E-state index contributed by atoms with van der Waals surface area (Å²) in [5.74, 6) is -1.77. The lowest BCUT2D eigenvalue weighted by Gasteiger charge is -2.39. The molecule has 3 saturated heterocycles. The van der Waals surface area contributed by atoms with E-state index in [1.54, 1.807) is 23.9 Å². The lowest BCUT2D eigenvalue weighted by Crippen LogP contribution is -2.56. The zero-order valence-electron chi connectivity index (χ0n) is 19.9. The summed E-state index contributed by atoms with van der Waals surface area (Å²) >= 11 is 1.63. The third-order valence-electron chi connectivity index (χ3n) is 7.29. The van der Waals surface area contributed by atoms with Gasteiger partial charge in [0.15, 0.2) is 0 Å². The number of unbranched alkanes of at least 4 members (excludes halogenated alkanes) is 1. The summed E-state index contributed by atoms with van der Waals surface area (Å²) in [6, 6.07) is -0.675. The highest BCUT2D eigenvalue weighted by molar-refractivity contribution is 8.02. The van der Waals surface area contributed by atoms with E-state index in [1.165, 1.54) is 4.90 Å². The van der Waals surface area contributed by atoms with Crippen LogP contribution in [-0.4, -0.2) is 81.1 Å². The Labute approximate surface area is 201 Å². The quantitative estimate of drug-likeness (QED) is 0.249. The monoisotopic (exact) mass is 478 g/mol. The molecule has 2 amide bonds. The number of nitrogens with zero attached hydrogens (tertiary/aromatic N) is 2. The Morgan fingerprint density at radius 1 is 1.39 bits per heavy atom. The Morgan fingerprint density at radius 2 is 2.15 bits per heavy atom. The number of hydrogen-bond donors (Lipinski definition) is 1. The van der Waals surface area contributed by atoms with Gasteiger partial charge in [-0.2, -0.15) is 0 Å². The number of aliphatic hydroxyl groups is 1. The molecule has 3 heterocycles. The summed E-state index contributed by atoms with van der Waals surface area (Å²) in [7, 11) is 0. The molecule has 1 N–H and O–H groups in total. The van der Waals surface area contributed by atoms with Crippen molar-refractivity contribution >= 4 is 29.5 Å². The number of hydrogen-bond acceptors (Lipinski definition) is 6. The molecule has 33 heavy (non-hydrogen) atoms. The highest BCUT2D eigenvalue weighted by Crippen LogP contribution is 2.66. The topological polar surface area (TPSA) is 87.2 Å². The van der Waals surface area contributed by atoms with Crippen molar-refractivity contribution in [2.45, 2.75) is 74.5 Å². The number of allylic oxidation sites excluding steroid dienone is 1. The summed E-state index contributed by atoms with van der Waals surface area (Å²) in [5.41, 5.74) is 0. The summed E-state index contributed by atoms with van der Waals surface area (Å²) in [6.07, 6.45) is 8.25. The van der Waals surface area contributed by atoms with Gasteiger partial charge in [0, 0.05) is 24.4 Å². The minimum absolute atomic E-state index is 0.0104. The molecule has 0 radical (unpaired) electrons. The van der Waals surface area contributed by atoms with Crippen LogP contribution in [0.5, 0.6) is 0 Å². The van der Waals surface area contributed by atoms with Crippen LogP contribution in [0, 0.1) is 11.8 Å². The number of likely N-dealkylation sites (tertiary alicyclic amines) is 1. The number of aliphatic hydroxyl groups excluding tert-OH is 1. The first-order chi connectivity index (χ1) is 15.9. The van der Waals surface area contributed by atoms with Crippen LogP contribution in [0.2, 0.25) is 0 Å². The fourth-order valence-electron chi connectivity index (χ4n) is 5.90. The molecule has 0 aromatic rings. The van der Waals surface area contributed by atoms with Crippen LogP contribution in [0.3, 0.4) is 0 Å². The van der Waals surface area contributed by atoms with Gasteiger partial charge in [0.2, 0.25) is 11.8 Å². The molecule has 0 aromatic heterocycles. The Morgan fingerprint density at radius 3 is 2.79 bits per heavy atom. The van der Waals surface area contributed by atoms with Crippen molar-refractivity contribution in [1.29, 1.82) is 0 Å². The number of carbonyl (C=O) groups excluding carboxylic acids is 3. The van der Waals surface area contributed by atoms with Gasteiger partial charge in [-0.15, -0.1) is 24.9 Å². The zero-order valence-corrected chi connectivity index (χ0v) is 20.7. The van der Waals surface area contributed by atoms with E-state index in [2.05, 4.69) is 20.1 Å². The van der Waals surface area contributed by atoms with Crippen LogP contribution in [0.15, 0.2) is 25.3 Å². The van der Waals surface area contributed by atoms with E-state index in [4.69, 9.17) is 4.74 Å². The molecule has 0 saturated carbocycles. The number of amides is 2. The predicted molar refractivity (Wildman–Crippen MR) is 130 cm³/mol. The Bertz CT molecular complexity index is 774. The lowest BCUT2D eigenvalue weighted by atomic mass is 9.71. The minimum Gasteiger partial charge on any atom is -0.465 e. The first-order valence-electron chi connectivity index (χ1n) is 12.2. The molecule has 0 aromatic carbocycles. The van der Waals surface area contributed by atoms with E-state index in [1.807, 2.05) is 11.8 Å². The molecule has 3 unspecified atom stereocenters. The first kappa shape index (κ1) is 25.8. The average molecular weight is 479 g/mol. The Hall–Kier alpha value is -1.80. The van der Waals surface area contributed by atoms with Crippen LogP contribution in [0.4, 0.5) is 0 Å². The molecule has 6 atom stereocenters. The van der Waals surface area contributed by atoms with Gasteiger partial charge in [0.1, 0.15) is 6.04 Å². The maximum atomic E-state index is 14.0. The van der Waals surface area contributed by atoms with Crippen molar-refractivity contribution in [3.63, 3.8) is 0 Å². The second-order valence-corrected chi connectivity index (χ2v) is 10.9. The molecule has 184 valence electrons. The third kappa shape index (κ3) is 4.61. The normalized spacial score (nSPS) is 30.8. The molecule has 3 fully saturated rings. The number of β-amino-alcohol motifs (C(OH)–C–C–N with tert-alkyl or cyclic N) is 1. The maximum Gasteiger partial charge on any atom is 0.310 e. The van der Waals surface area contributed by atoms with E-state index in [0.717, 1.165) is 25.7 Å². The van der Waals surface area contributed by atoms with Gasteiger partial charge in [-0.3, -0.25) is 14.4 Å². The van der Waals surface area contributed by atoms with Crippen molar-refractivity contribution < 1.29 is 24.2 Å². The van der Waals surface area contributed by atoms with E-state index >= 15 is 0 Å². The standard InChI is InChI=1S/C25H38N2O5S/c1-5-8-9-16-32-24(31)19-18-11-12-25(33-18)20(19)22(29)27(14-15-28)21(25)23(30)26(13-7-3)17(4)10-6-2/h5,7,17-21,28H,1,3,6,8-16H2,2,4H3/t17?,18-,19+,20-,21?,25?/m0/s1. The lowest BCUT2D eigenvalue weighted by molar-refractivity contribution is -0.154. The van der Waals surface area contributed by atoms with Crippen molar-refractivity contribution in [3.8, 4) is 0 Å². The third-order valence-corrected chi connectivity index (χ3v) is 9.24. The number of ether oxygens (including phenoxy) is 1. The van der Waals surface area contributed by atoms with Gasteiger partial charge in [-0.25, -0.2) is 0 Å². The second kappa shape index (κ2) is 11.1. The fourth-order valence-corrected chi connectivity index (χ4v) is 8.10. The molecule has 3 aliphatic heterocycles. The highest BCUT2D eigenvalue weighted by Gasteiger charge is 2.74. The number of esters is 1. The van der Waals surface area contributed by atoms with Crippen molar-refractivity contribution in [1.82, 2.24) is 9.80 Å². The van der Waals surface area contributed by atoms with Gasteiger partial charge in [-0.05, 0) is 39.0 Å². The first-order valence-corrected chi connectivity index (χ1v) is 13.0. The molecule has 2 bridgehead atoms. The molecule has 8 heteroatoms.